The van der Waals surface area contributed by atoms with Gasteiger partial charge in [-0.25, -0.2) is 24.0 Å². The molecule has 6 aromatic carbocycles. The predicted octanol–water partition coefficient (Wildman–Crippen LogP) is 11.6. The monoisotopic (exact) mass is 1070 g/mol. The quantitative estimate of drug-likeness (QED) is 0.0541. The number of ether oxygens (including phenoxy) is 4. The first-order chi connectivity index (χ1) is 37.7. The Morgan fingerprint density at radius 1 is 0.494 bits per heavy atom. The van der Waals surface area contributed by atoms with Crippen LogP contribution in [0.1, 0.15) is 128 Å². The number of benzene rings is 6. The Bertz CT molecular complexity index is 3140. The zero-order valence-electron chi connectivity index (χ0n) is 46.1. The Balaban J connectivity index is 0.000000211. The molecule has 3 aliphatic rings. The Kier molecular flexibility index (Phi) is 17.2. The molecule has 0 radical (unpaired) electrons. The van der Waals surface area contributed by atoms with Gasteiger partial charge < -0.3 is 23.8 Å². The van der Waals surface area contributed by atoms with Crippen LogP contribution in [0.2, 0.25) is 0 Å². The standard InChI is InChI=1S/C33H32N2O8.C31H35NO4/c1-5-34(32(40)41-19-26-22-14-8-6-12-20(22)21-13-7-9-15-23(21)26)27(31(39)42-33(2,3)4)18-28(36)43-35-29(37)24-16-10-11-17-25(24)30(35)38;1-6-32(28(29(33)36-31(3,4)5)19-22-17-15-21(2)16-18-22)30(34)35-20-27-25-13-9-7-11-23(25)24-12-8-10-14-26(24)27/h6-17,26-27H,5,18-19H2,1-4H3;7-18,27-28H,6,19-20H2,1-5H3/t27-;28-/m00/s1. The average Bonchev–Trinajstić information content (AvgIpc) is 4.12. The fourth-order valence-corrected chi connectivity index (χ4v) is 10.2. The molecule has 15 heteroatoms. The van der Waals surface area contributed by atoms with E-state index in [0.717, 1.165) is 49.4 Å². The highest BCUT2D eigenvalue weighted by atomic mass is 16.7. The minimum atomic E-state index is -1.44. The molecule has 0 aromatic heterocycles. The minimum Gasteiger partial charge on any atom is -0.458 e. The first kappa shape index (κ1) is 56.6. The lowest BCUT2D eigenvalue weighted by Crippen LogP contribution is -2.49. The number of amides is 4. The average molecular weight is 1070 g/mol. The maximum atomic E-state index is 13.5. The summed E-state index contributed by atoms with van der Waals surface area (Å²) in [6, 6.07) is 44.1. The van der Waals surface area contributed by atoms with Crippen molar-refractivity contribution < 1.29 is 57.3 Å². The Morgan fingerprint density at radius 3 is 1.20 bits per heavy atom. The van der Waals surface area contributed by atoms with Crippen LogP contribution in [0.5, 0.6) is 0 Å². The van der Waals surface area contributed by atoms with Crippen molar-refractivity contribution in [1.82, 2.24) is 14.9 Å². The van der Waals surface area contributed by atoms with Gasteiger partial charge in [-0.1, -0.05) is 144 Å². The van der Waals surface area contributed by atoms with Gasteiger partial charge in [-0.15, -0.1) is 0 Å². The zero-order valence-corrected chi connectivity index (χ0v) is 46.1. The summed E-state index contributed by atoms with van der Waals surface area (Å²) in [5.74, 6) is -4.22. The number of aryl methyl sites for hydroxylation is 1. The van der Waals surface area contributed by atoms with Gasteiger partial charge in [0.05, 0.1) is 17.5 Å². The molecular weight excluding hydrogens is 1000 g/mol. The summed E-state index contributed by atoms with van der Waals surface area (Å²) in [4.78, 5) is 99.6. The number of carbonyl (C=O) groups excluding carboxylic acids is 7. The summed E-state index contributed by atoms with van der Waals surface area (Å²) < 4.78 is 22.9. The third-order valence-corrected chi connectivity index (χ3v) is 13.8. The third kappa shape index (κ3) is 12.9. The molecule has 410 valence electrons. The lowest BCUT2D eigenvalue weighted by Gasteiger charge is -2.31. The third-order valence-electron chi connectivity index (χ3n) is 13.8. The number of rotatable bonds is 15. The summed E-state index contributed by atoms with van der Waals surface area (Å²) >= 11 is 0. The largest absolute Gasteiger partial charge is 0.458 e. The zero-order chi connectivity index (χ0) is 56.8. The van der Waals surface area contributed by atoms with Crippen LogP contribution in [0, 0.1) is 6.92 Å². The van der Waals surface area contributed by atoms with Gasteiger partial charge in [0.1, 0.15) is 36.5 Å². The normalized spacial score (nSPS) is 14.0. The van der Waals surface area contributed by atoms with Crippen molar-refractivity contribution in [2.75, 3.05) is 26.3 Å². The molecule has 0 saturated carbocycles. The van der Waals surface area contributed by atoms with E-state index < -0.39 is 71.6 Å². The lowest BCUT2D eigenvalue weighted by molar-refractivity contribution is -0.175. The van der Waals surface area contributed by atoms with Crippen LogP contribution in [-0.2, 0) is 44.6 Å². The fourth-order valence-electron chi connectivity index (χ4n) is 10.2. The van der Waals surface area contributed by atoms with Crippen LogP contribution in [0.3, 0.4) is 0 Å². The van der Waals surface area contributed by atoms with E-state index >= 15 is 0 Å². The molecule has 0 saturated heterocycles. The number of esters is 2. The number of likely N-dealkylation sites (N-methyl/N-ethyl adjacent to an activating group) is 2. The van der Waals surface area contributed by atoms with Crippen LogP contribution in [0.15, 0.2) is 146 Å². The van der Waals surface area contributed by atoms with Crippen molar-refractivity contribution >= 4 is 41.9 Å². The smallest absolute Gasteiger partial charge is 0.410 e. The van der Waals surface area contributed by atoms with Gasteiger partial charge in [-0.05, 0) is 125 Å². The predicted molar refractivity (Wildman–Crippen MR) is 297 cm³/mol. The van der Waals surface area contributed by atoms with Gasteiger partial charge >= 0.3 is 30.1 Å². The molecule has 0 spiro atoms. The molecule has 6 aromatic rings. The van der Waals surface area contributed by atoms with Crippen molar-refractivity contribution in [3.63, 3.8) is 0 Å². The topological polar surface area (TPSA) is 175 Å². The van der Waals surface area contributed by atoms with E-state index in [1.54, 1.807) is 39.8 Å². The van der Waals surface area contributed by atoms with Gasteiger partial charge in [0, 0.05) is 31.3 Å². The number of carbonyl (C=O) groups is 7. The molecule has 15 nitrogen and oxygen atoms in total. The van der Waals surface area contributed by atoms with Crippen molar-refractivity contribution in [1.29, 1.82) is 0 Å². The summed E-state index contributed by atoms with van der Waals surface area (Å²) in [5.41, 5.74) is 9.51. The number of hydrogen-bond donors (Lipinski definition) is 0. The van der Waals surface area contributed by atoms with Crippen LogP contribution in [0.25, 0.3) is 22.3 Å². The minimum absolute atomic E-state index is 0.000873. The maximum absolute atomic E-state index is 13.5. The highest BCUT2D eigenvalue weighted by molar-refractivity contribution is 6.21. The number of hydrogen-bond acceptors (Lipinski definition) is 12. The Hall–Kier alpha value is -8.59. The van der Waals surface area contributed by atoms with E-state index in [4.69, 9.17) is 23.8 Å². The van der Waals surface area contributed by atoms with E-state index in [1.165, 1.54) is 28.2 Å². The fraction of sp³-hybridized carbons (Fsp3) is 0.328. The second-order valence-electron chi connectivity index (χ2n) is 21.6. The molecule has 0 fully saturated rings. The van der Waals surface area contributed by atoms with Crippen molar-refractivity contribution in [3.05, 3.63) is 190 Å². The first-order valence-electron chi connectivity index (χ1n) is 26.6. The summed E-state index contributed by atoms with van der Waals surface area (Å²) in [7, 11) is 0. The second kappa shape index (κ2) is 24.0. The van der Waals surface area contributed by atoms with E-state index in [0.29, 0.717) is 18.0 Å². The molecule has 0 bridgehead atoms. The van der Waals surface area contributed by atoms with Crippen molar-refractivity contribution in [2.45, 2.75) is 110 Å². The van der Waals surface area contributed by atoms with Gasteiger partial charge in [-0.3, -0.25) is 19.4 Å². The summed E-state index contributed by atoms with van der Waals surface area (Å²) in [6.45, 7) is 16.5. The number of hydroxylamine groups is 2. The van der Waals surface area contributed by atoms with Gasteiger partial charge in [-0.2, -0.15) is 0 Å². The number of fused-ring (bicyclic) bond motifs is 7. The lowest BCUT2D eigenvalue weighted by atomic mass is 9.98. The molecule has 1 heterocycles. The molecule has 0 unspecified atom stereocenters. The molecule has 0 N–H and O–H groups in total. The summed E-state index contributed by atoms with van der Waals surface area (Å²) in [6.07, 6.45) is -1.66. The van der Waals surface area contributed by atoms with Crippen molar-refractivity contribution in [2.24, 2.45) is 0 Å². The number of imide groups is 1. The van der Waals surface area contributed by atoms with E-state index in [1.807, 2.05) is 132 Å². The first-order valence-corrected chi connectivity index (χ1v) is 26.6. The highest BCUT2D eigenvalue weighted by Gasteiger charge is 2.42. The number of nitrogens with zero attached hydrogens (tertiary/aromatic N) is 3. The van der Waals surface area contributed by atoms with Crippen molar-refractivity contribution in [3.8, 4) is 22.3 Å². The summed E-state index contributed by atoms with van der Waals surface area (Å²) in [5, 5.41) is 0.364. The molecule has 2 atom stereocenters. The van der Waals surface area contributed by atoms with E-state index in [2.05, 4.69) is 24.3 Å². The van der Waals surface area contributed by atoms with Crippen LogP contribution < -0.4 is 0 Å². The maximum Gasteiger partial charge on any atom is 0.410 e. The Morgan fingerprint density at radius 2 is 0.835 bits per heavy atom. The van der Waals surface area contributed by atoms with Crippen LogP contribution in [-0.4, -0.2) is 106 Å². The second-order valence-corrected chi connectivity index (χ2v) is 21.6. The molecule has 2 aliphatic carbocycles. The molecule has 79 heavy (non-hydrogen) atoms. The molecule has 4 amide bonds. The van der Waals surface area contributed by atoms with Crippen LogP contribution >= 0.6 is 0 Å². The molecule has 1 aliphatic heterocycles. The van der Waals surface area contributed by atoms with Gasteiger partial charge in [0.25, 0.3) is 11.8 Å². The SMILES string of the molecule is CCN(C(=O)OCC1c2ccccc2-c2ccccc21)[C@@H](CC(=O)ON1C(=O)c2ccccc2C1=O)C(=O)OC(C)(C)C.CCN(C(=O)OCC1c2ccccc2-c2ccccc21)[C@@H](Cc1ccc(C)cc1)C(=O)OC(C)(C)C. The van der Waals surface area contributed by atoms with E-state index in [-0.39, 0.29) is 42.7 Å². The van der Waals surface area contributed by atoms with Crippen LogP contribution in [0.4, 0.5) is 9.59 Å². The highest BCUT2D eigenvalue weighted by Crippen LogP contribution is 2.46. The molecule has 9 rings (SSSR count). The van der Waals surface area contributed by atoms with Gasteiger partial charge in [0.2, 0.25) is 0 Å². The van der Waals surface area contributed by atoms with E-state index in [9.17, 15) is 33.6 Å². The Labute approximate surface area is 461 Å². The van der Waals surface area contributed by atoms with Gasteiger partial charge in [0.15, 0.2) is 0 Å². The molecular formula is C64H67N3O12.